The predicted molar refractivity (Wildman–Crippen MR) is 97.7 cm³/mol. The maximum absolute atomic E-state index is 12.4. The predicted octanol–water partition coefficient (Wildman–Crippen LogP) is 2.17. The van der Waals surface area contributed by atoms with Gasteiger partial charge in [0.1, 0.15) is 0 Å². The molecule has 4 rings (SSSR count). The number of amides is 1. The van der Waals surface area contributed by atoms with Crippen molar-refractivity contribution in [2.75, 3.05) is 33.0 Å². The van der Waals surface area contributed by atoms with Crippen LogP contribution in [-0.4, -0.2) is 53.7 Å². The summed E-state index contributed by atoms with van der Waals surface area (Å²) in [5, 5.41) is 0. The van der Waals surface area contributed by atoms with Gasteiger partial charge in [-0.25, -0.2) is 0 Å². The molecule has 0 bridgehead atoms. The molecule has 1 aromatic heterocycles. The molecule has 0 unspecified atom stereocenters. The van der Waals surface area contributed by atoms with Crippen molar-refractivity contribution in [3.8, 4) is 11.5 Å². The van der Waals surface area contributed by atoms with Crippen LogP contribution in [0.3, 0.4) is 0 Å². The third-order valence-electron chi connectivity index (χ3n) is 4.65. The van der Waals surface area contributed by atoms with E-state index in [-0.39, 0.29) is 12.7 Å². The summed E-state index contributed by atoms with van der Waals surface area (Å²) >= 11 is 0. The Bertz CT molecular complexity index is 799. The third-order valence-corrected chi connectivity index (χ3v) is 4.65. The smallest absolute Gasteiger partial charge is 0.246 e. The number of carbonyl (C=O) groups excluding carboxylic acids is 1. The van der Waals surface area contributed by atoms with Gasteiger partial charge in [0.15, 0.2) is 11.5 Å². The monoisotopic (exact) mass is 351 g/mol. The average Bonchev–Trinajstić information content (AvgIpc) is 3.15. The molecule has 0 radical (unpaired) electrons. The molecule has 1 saturated heterocycles. The van der Waals surface area contributed by atoms with Gasteiger partial charge < -0.3 is 14.4 Å². The van der Waals surface area contributed by atoms with E-state index in [2.05, 4.69) is 9.88 Å². The minimum atomic E-state index is 0.0474. The van der Waals surface area contributed by atoms with E-state index in [1.807, 2.05) is 53.7 Å². The van der Waals surface area contributed by atoms with Gasteiger partial charge in [0.05, 0.1) is 0 Å². The van der Waals surface area contributed by atoms with Crippen LogP contribution in [0.1, 0.15) is 11.1 Å². The van der Waals surface area contributed by atoms with Crippen LogP contribution < -0.4 is 9.47 Å². The van der Waals surface area contributed by atoms with E-state index in [1.165, 1.54) is 5.56 Å². The second-order valence-electron chi connectivity index (χ2n) is 6.40. The largest absolute Gasteiger partial charge is 0.454 e. The Morgan fingerprint density at radius 1 is 1.04 bits per heavy atom. The molecule has 2 aliphatic rings. The quantitative estimate of drug-likeness (QED) is 0.790. The van der Waals surface area contributed by atoms with Crippen molar-refractivity contribution in [2.45, 2.75) is 6.54 Å². The fraction of sp³-hybridized carbons (Fsp3) is 0.300. The van der Waals surface area contributed by atoms with Crippen LogP contribution in [0.5, 0.6) is 11.5 Å². The van der Waals surface area contributed by atoms with Crippen molar-refractivity contribution in [1.82, 2.24) is 14.8 Å². The molecule has 6 nitrogen and oxygen atoms in total. The lowest BCUT2D eigenvalue weighted by atomic mass is 10.2. The molecule has 1 fully saturated rings. The number of carbonyl (C=O) groups is 1. The van der Waals surface area contributed by atoms with E-state index in [4.69, 9.17) is 9.47 Å². The molecule has 134 valence electrons. The molecule has 0 saturated carbocycles. The van der Waals surface area contributed by atoms with Crippen LogP contribution in [0.25, 0.3) is 6.08 Å². The van der Waals surface area contributed by atoms with Crippen molar-refractivity contribution in [3.63, 3.8) is 0 Å². The number of fused-ring (bicyclic) bond motifs is 1. The van der Waals surface area contributed by atoms with Crippen LogP contribution in [0.2, 0.25) is 0 Å². The minimum Gasteiger partial charge on any atom is -0.454 e. The van der Waals surface area contributed by atoms with Crippen molar-refractivity contribution < 1.29 is 14.3 Å². The number of pyridine rings is 1. The normalized spacial score (nSPS) is 17.0. The first-order chi connectivity index (χ1) is 12.8. The average molecular weight is 351 g/mol. The van der Waals surface area contributed by atoms with Gasteiger partial charge >= 0.3 is 0 Å². The Balaban J connectivity index is 1.29. The summed E-state index contributed by atoms with van der Waals surface area (Å²) in [7, 11) is 0. The van der Waals surface area contributed by atoms with Gasteiger partial charge in [-0.1, -0.05) is 6.07 Å². The minimum absolute atomic E-state index is 0.0474. The van der Waals surface area contributed by atoms with Gasteiger partial charge in [-0.15, -0.1) is 0 Å². The lowest BCUT2D eigenvalue weighted by molar-refractivity contribution is -0.127. The van der Waals surface area contributed by atoms with Gasteiger partial charge in [0.25, 0.3) is 0 Å². The van der Waals surface area contributed by atoms with Gasteiger partial charge in [-0.2, -0.15) is 0 Å². The maximum atomic E-state index is 12.4. The summed E-state index contributed by atoms with van der Waals surface area (Å²) in [4.78, 5) is 20.7. The summed E-state index contributed by atoms with van der Waals surface area (Å²) in [5.41, 5.74) is 2.18. The number of ether oxygens (including phenoxy) is 2. The molecule has 3 heterocycles. The molecule has 6 heteroatoms. The van der Waals surface area contributed by atoms with E-state index >= 15 is 0 Å². The SMILES string of the molecule is O=C(/C=C/c1ccc2c(c1)OCO2)N1CCN(Cc2ccncc2)CC1. The summed E-state index contributed by atoms with van der Waals surface area (Å²) in [5.74, 6) is 1.52. The highest BCUT2D eigenvalue weighted by Gasteiger charge is 2.19. The highest BCUT2D eigenvalue weighted by molar-refractivity contribution is 5.92. The Morgan fingerprint density at radius 2 is 1.81 bits per heavy atom. The van der Waals surface area contributed by atoms with Crippen molar-refractivity contribution >= 4 is 12.0 Å². The van der Waals surface area contributed by atoms with Gasteiger partial charge in [-0.05, 0) is 41.5 Å². The van der Waals surface area contributed by atoms with Gasteiger partial charge in [0, 0.05) is 51.2 Å². The number of hydrogen-bond acceptors (Lipinski definition) is 5. The zero-order valence-electron chi connectivity index (χ0n) is 14.5. The summed E-state index contributed by atoms with van der Waals surface area (Å²) in [6.07, 6.45) is 7.09. The highest BCUT2D eigenvalue weighted by atomic mass is 16.7. The second-order valence-corrected chi connectivity index (χ2v) is 6.40. The summed E-state index contributed by atoms with van der Waals surface area (Å²) < 4.78 is 10.7. The molecule has 1 amide bonds. The van der Waals surface area contributed by atoms with E-state index in [9.17, 15) is 4.79 Å². The number of nitrogens with zero attached hydrogens (tertiary/aromatic N) is 3. The topological polar surface area (TPSA) is 54.9 Å². The highest BCUT2D eigenvalue weighted by Crippen LogP contribution is 2.32. The molecule has 0 aliphatic carbocycles. The van der Waals surface area contributed by atoms with Gasteiger partial charge in [0.2, 0.25) is 12.7 Å². The Labute approximate surface area is 152 Å². The molecular formula is C20H21N3O3. The van der Waals surface area contributed by atoms with E-state index in [1.54, 1.807) is 6.08 Å². The summed E-state index contributed by atoms with van der Waals surface area (Å²) in [6.45, 7) is 4.41. The van der Waals surface area contributed by atoms with E-state index in [0.717, 1.165) is 49.8 Å². The third kappa shape index (κ3) is 3.86. The van der Waals surface area contributed by atoms with Crippen molar-refractivity contribution in [1.29, 1.82) is 0 Å². The first kappa shape index (κ1) is 16.6. The van der Waals surface area contributed by atoms with E-state index < -0.39 is 0 Å². The lowest BCUT2D eigenvalue weighted by Crippen LogP contribution is -2.47. The Kier molecular flexibility index (Phi) is 4.84. The molecular weight excluding hydrogens is 330 g/mol. The Morgan fingerprint density at radius 3 is 2.62 bits per heavy atom. The van der Waals surface area contributed by atoms with Gasteiger partial charge in [-0.3, -0.25) is 14.7 Å². The molecule has 0 spiro atoms. The number of benzene rings is 1. The molecule has 26 heavy (non-hydrogen) atoms. The first-order valence-corrected chi connectivity index (χ1v) is 8.76. The lowest BCUT2D eigenvalue weighted by Gasteiger charge is -2.34. The summed E-state index contributed by atoms with van der Waals surface area (Å²) in [6, 6.07) is 9.74. The van der Waals surface area contributed by atoms with Crippen LogP contribution >= 0.6 is 0 Å². The molecule has 1 aromatic carbocycles. The van der Waals surface area contributed by atoms with Crippen molar-refractivity contribution in [2.24, 2.45) is 0 Å². The molecule has 2 aromatic rings. The second kappa shape index (κ2) is 7.58. The maximum Gasteiger partial charge on any atom is 0.246 e. The van der Waals surface area contributed by atoms with Crippen LogP contribution in [0, 0.1) is 0 Å². The van der Waals surface area contributed by atoms with Crippen LogP contribution in [0.4, 0.5) is 0 Å². The zero-order chi connectivity index (χ0) is 17.8. The number of hydrogen-bond donors (Lipinski definition) is 0. The Hall–Kier alpha value is -2.86. The van der Waals surface area contributed by atoms with E-state index in [0.29, 0.717) is 0 Å². The fourth-order valence-electron chi connectivity index (χ4n) is 3.16. The number of rotatable bonds is 4. The molecule has 2 aliphatic heterocycles. The standard InChI is InChI=1S/C20H21N3O3/c24-20(4-2-16-1-3-18-19(13-16)26-15-25-18)23-11-9-22(10-12-23)14-17-5-7-21-8-6-17/h1-8,13H,9-12,14-15H2/b4-2+. The fourth-order valence-corrected chi connectivity index (χ4v) is 3.16. The van der Waals surface area contributed by atoms with Crippen LogP contribution in [-0.2, 0) is 11.3 Å². The zero-order valence-corrected chi connectivity index (χ0v) is 14.5. The van der Waals surface area contributed by atoms with Crippen LogP contribution in [0.15, 0.2) is 48.8 Å². The number of aromatic nitrogens is 1. The first-order valence-electron chi connectivity index (χ1n) is 8.76. The number of piperazine rings is 1. The molecule has 0 atom stereocenters. The van der Waals surface area contributed by atoms with Crippen molar-refractivity contribution in [3.05, 3.63) is 59.9 Å². The molecule has 0 N–H and O–H groups in total.